The number of nitrogens with one attached hydrogen (secondary N) is 2. The smallest absolute Gasteiger partial charge is 0.220 e. The fourth-order valence-electron chi connectivity index (χ4n) is 2.18. The summed E-state index contributed by atoms with van der Waals surface area (Å²) >= 11 is 0. The highest BCUT2D eigenvalue weighted by Crippen LogP contribution is 2.13. The zero-order chi connectivity index (χ0) is 13.2. The summed E-state index contributed by atoms with van der Waals surface area (Å²) in [5.74, 6) is 0.703. The summed E-state index contributed by atoms with van der Waals surface area (Å²) in [5, 5.41) is 6.32. The Hall–Kier alpha value is -0.650. The van der Waals surface area contributed by atoms with Crippen molar-refractivity contribution >= 4 is 5.91 Å². The Bertz CT molecular complexity index is 230. The Labute approximate surface area is 110 Å². The number of nitrogens with zero attached hydrogens (tertiary/aromatic N) is 1. The lowest BCUT2D eigenvalue weighted by Gasteiger charge is -2.22. The van der Waals surface area contributed by atoms with Crippen molar-refractivity contribution in [2.45, 2.75) is 19.3 Å². The van der Waals surface area contributed by atoms with Crippen molar-refractivity contribution in [3.63, 3.8) is 0 Å². The molecule has 1 unspecified atom stereocenters. The maximum Gasteiger partial charge on any atom is 0.220 e. The number of likely N-dealkylation sites (N-methyl/N-ethyl adjacent to an activating group) is 1. The van der Waals surface area contributed by atoms with Crippen LogP contribution in [0, 0.1) is 5.92 Å². The van der Waals surface area contributed by atoms with E-state index in [9.17, 15) is 4.79 Å². The van der Waals surface area contributed by atoms with Crippen LogP contribution >= 0.6 is 0 Å². The number of rotatable bonds is 8. The average Bonchev–Trinajstić information content (AvgIpc) is 2.37. The van der Waals surface area contributed by atoms with E-state index in [1.165, 1.54) is 12.8 Å². The summed E-state index contributed by atoms with van der Waals surface area (Å²) < 4.78 is 5.00. The first-order chi connectivity index (χ1) is 8.72. The highest BCUT2D eigenvalue weighted by Gasteiger charge is 2.16. The molecular formula is C13H27N3O2. The van der Waals surface area contributed by atoms with E-state index in [2.05, 4.69) is 15.5 Å². The van der Waals surface area contributed by atoms with E-state index in [1.807, 2.05) is 7.05 Å². The minimum Gasteiger partial charge on any atom is -0.383 e. The van der Waals surface area contributed by atoms with E-state index in [0.29, 0.717) is 12.3 Å². The summed E-state index contributed by atoms with van der Waals surface area (Å²) in [6, 6.07) is 0. The molecular weight excluding hydrogens is 230 g/mol. The first kappa shape index (κ1) is 15.4. The molecule has 0 saturated carbocycles. The summed E-state index contributed by atoms with van der Waals surface area (Å²) in [4.78, 5) is 13.9. The Morgan fingerprint density at radius 1 is 1.50 bits per heavy atom. The molecule has 18 heavy (non-hydrogen) atoms. The van der Waals surface area contributed by atoms with Gasteiger partial charge in [0, 0.05) is 33.2 Å². The van der Waals surface area contributed by atoms with Crippen LogP contribution in [0.5, 0.6) is 0 Å². The summed E-state index contributed by atoms with van der Waals surface area (Å²) in [6.45, 7) is 5.32. The predicted octanol–water partition coefficient (Wildman–Crippen LogP) is 0.0705. The summed E-state index contributed by atoms with van der Waals surface area (Å²) in [6.07, 6.45) is 3.03. The Kier molecular flexibility index (Phi) is 7.96. The SMILES string of the molecule is COCCN(C)CCNC(=O)CC1CCCNC1. The van der Waals surface area contributed by atoms with Gasteiger partial charge in [-0.3, -0.25) is 4.79 Å². The maximum atomic E-state index is 11.7. The molecule has 0 spiro atoms. The number of carbonyl (C=O) groups is 1. The van der Waals surface area contributed by atoms with Crippen LogP contribution in [0.1, 0.15) is 19.3 Å². The van der Waals surface area contributed by atoms with Gasteiger partial charge in [-0.05, 0) is 38.9 Å². The van der Waals surface area contributed by atoms with Crippen molar-refractivity contribution in [1.29, 1.82) is 0 Å². The van der Waals surface area contributed by atoms with E-state index in [1.54, 1.807) is 7.11 Å². The largest absolute Gasteiger partial charge is 0.383 e. The van der Waals surface area contributed by atoms with Crippen molar-refractivity contribution < 1.29 is 9.53 Å². The number of methoxy groups -OCH3 is 1. The van der Waals surface area contributed by atoms with Gasteiger partial charge in [0.2, 0.25) is 5.91 Å². The lowest BCUT2D eigenvalue weighted by atomic mass is 9.96. The van der Waals surface area contributed by atoms with Crippen LogP contribution in [0.2, 0.25) is 0 Å². The standard InChI is InChI=1S/C13H27N3O2/c1-16(8-9-18-2)7-6-15-13(17)10-12-4-3-5-14-11-12/h12,14H,3-11H2,1-2H3,(H,15,17). The number of ether oxygens (including phenoxy) is 1. The molecule has 1 aliphatic rings. The molecule has 0 aliphatic carbocycles. The Morgan fingerprint density at radius 2 is 2.33 bits per heavy atom. The van der Waals surface area contributed by atoms with Gasteiger partial charge in [-0.25, -0.2) is 0 Å². The highest BCUT2D eigenvalue weighted by atomic mass is 16.5. The van der Waals surface area contributed by atoms with E-state index < -0.39 is 0 Å². The van der Waals surface area contributed by atoms with Crippen molar-refractivity contribution in [3.8, 4) is 0 Å². The molecule has 1 saturated heterocycles. The van der Waals surface area contributed by atoms with Crippen LogP contribution < -0.4 is 10.6 Å². The number of piperidine rings is 1. The predicted molar refractivity (Wildman–Crippen MR) is 72.6 cm³/mol. The lowest BCUT2D eigenvalue weighted by molar-refractivity contribution is -0.122. The van der Waals surface area contributed by atoms with Crippen molar-refractivity contribution in [3.05, 3.63) is 0 Å². The average molecular weight is 257 g/mol. The van der Waals surface area contributed by atoms with Crippen LogP contribution in [-0.4, -0.2) is 64.3 Å². The molecule has 1 atom stereocenters. The summed E-state index contributed by atoms with van der Waals surface area (Å²) in [7, 11) is 3.74. The normalized spacial score (nSPS) is 20.1. The van der Waals surface area contributed by atoms with Gasteiger partial charge in [0.1, 0.15) is 0 Å². The third-order valence-corrected chi connectivity index (χ3v) is 3.37. The molecule has 1 rings (SSSR count). The van der Waals surface area contributed by atoms with E-state index >= 15 is 0 Å². The Morgan fingerprint density at radius 3 is 3.00 bits per heavy atom. The monoisotopic (exact) mass is 257 g/mol. The number of hydrogen-bond acceptors (Lipinski definition) is 4. The minimum absolute atomic E-state index is 0.184. The number of amides is 1. The molecule has 5 heteroatoms. The molecule has 1 fully saturated rings. The van der Waals surface area contributed by atoms with Crippen molar-refractivity contribution in [1.82, 2.24) is 15.5 Å². The number of hydrogen-bond donors (Lipinski definition) is 2. The van der Waals surface area contributed by atoms with Gasteiger partial charge in [-0.15, -0.1) is 0 Å². The zero-order valence-corrected chi connectivity index (χ0v) is 11.7. The minimum atomic E-state index is 0.184. The number of carbonyl (C=O) groups excluding carboxylic acids is 1. The molecule has 1 heterocycles. The van der Waals surface area contributed by atoms with E-state index in [4.69, 9.17) is 4.74 Å². The molecule has 0 aromatic rings. The quantitative estimate of drug-likeness (QED) is 0.646. The van der Waals surface area contributed by atoms with Gasteiger partial charge in [0.15, 0.2) is 0 Å². The molecule has 2 N–H and O–H groups in total. The third kappa shape index (κ3) is 6.93. The lowest BCUT2D eigenvalue weighted by Crippen LogP contribution is -2.37. The van der Waals surface area contributed by atoms with Gasteiger partial charge in [-0.2, -0.15) is 0 Å². The zero-order valence-electron chi connectivity index (χ0n) is 11.7. The van der Waals surface area contributed by atoms with Crippen LogP contribution in [0.4, 0.5) is 0 Å². The van der Waals surface area contributed by atoms with Gasteiger partial charge >= 0.3 is 0 Å². The van der Waals surface area contributed by atoms with Gasteiger partial charge in [0.25, 0.3) is 0 Å². The molecule has 1 amide bonds. The molecule has 106 valence electrons. The molecule has 0 radical (unpaired) electrons. The maximum absolute atomic E-state index is 11.7. The molecule has 1 aliphatic heterocycles. The van der Waals surface area contributed by atoms with E-state index in [0.717, 1.165) is 39.3 Å². The van der Waals surface area contributed by atoms with Gasteiger partial charge in [-0.1, -0.05) is 0 Å². The third-order valence-electron chi connectivity index (χ3n) is 3.37. The topological polar surface area (TPSA) is 53.6 Å². The summed E-state index contributed by atoms with van der Waals surface area (Å²) in [5.41, 5.74) is 0. The first-order valence-electron chi connectivity index (χ1n) is 6.87. The van der Waals surface area contributed by atoms with Gasteiger partial charge < -0.3 is 20.3 Å². The fraction of sp³-hybridized carbons (Fsp3) is 0.923. The second-order valence-corrected chi connectivity index (χ2v) is 5.06. The van der Waals surface area contributed by atoms with Crippen LogP contribution in [0.25, 0.3) is 0 Å². The molecule has 5 nitrogen and oxygen atoms in total. The first-order valence-corrected chi connectivity index (χ1v) is 6.87. The van der Waals surface area contributed by atoms with E-state index in [-0.39, 0.29) is 5.91 Å². The molecule has 0 bridgehead atoms. The second kappa shape index (κ2) is 9.30. The van der Waals surface area contributed by atoms with Crippen LogP contribution in [-0.2, 0) is 9.53 Å². The second-order valence-electron chi connectivity index (χ2n) is 5.06. The Balaban J connectivity index is 2.02. The van der Waals surface area contributed by atoms with Crippen LogP contribution in [0.15, 0.2) is 0 Å². The highest BCUT2D eigenvalue weighted by molar-refractivity contribution is 5.76. The fourth-order valence-corrected chi connectivity index (χ4v) is 2.18. The van der Waals surface area contributed by atoms with Crippen molar-refractivity contribution in [2.75, 3.05) is 53.5 Å². The van der Waals surface area contributed by atoms with Crippen LogP contribution in [0.3, 0.4) is 0 Å². The molecule has 0 aromatic heterocycles. The van der Waals surface area contributed by atoms with Crippen molar-refractivity contribution in [2.24, 2.45) is 5.92 Å². The van der Waals surface area contributed by atoms with Gasteiger partial charge in [0.05, 0.1) is 6.61 Å². The molecule has 0 aromatic carbocycles.